The largest absolute Gasteiger partial charge is 0.573 e. The maximum atomic E-state index is 12.5. The number of carbonyl (C=O) groups excluding carboxylic acids is 2. The first kappa shape index (κ1) is 52.0. The van der Waals surface area contributed by atoms with E-state index in [2.05, 4.69) is 30.7 Å². The minimum Gasteiger partial charge on any atom is -0.406 e. The molecule has 4 amide bonds. The summed E-state index contributed by atoms with van der Waals surface area (Å²) in [4.78, 5) is 34.0. The zero-order valence-corrected chi connectivity index (χ0v) is 39.2. The molecule has 6 rings (SSSR count). The molecule has 358 valence electrons. The Bertz CT molecular complexity index is 2630. The Morgan fingerprint density at radius 1 is 0.597 bits per heavy atom. The Balaban J connectivity index is 0.000000251. The van der Waals surface area contributed by atoms with Gasteiger partial charge in [0.05, 0.1) is 24.5 Å². The molecular weight excluding hydrogens is 966 g/mol. The summed E-state index contributed by atoms with van der Waals surface area (Å²) in [6.45, 7) is 5.32. The van der Waals surface area contributed by atoms with E-state index in [-0.39, 0.29) is 23.6 Å². The lowest BCUT2D eigenvalue weighted by Crippen LogP contribution is -2.36. The lowest BCUT2D eigenvalue weighted by Gasteiger charge is -2.12. The van der Waals surface area contributed by atoms with E-state index >= 15 is 0 Å². The van der Waals surface area contributed by atoms with E-state index in [1.165, 1.54) is 46.9 Å². The number of nitrogens with zero attached hydrogens (tertiary/aromatic N) is 4. The maximum Gasteiger partial charge on any atom is 0.573 e. The number of ether oxygens (including phenoxy) is 2. The standard InChI is InChI=1S/C23H24ClF3N4O2S.C22H22ClF3N4O2S/c1-2-28-21(32)29-12-3-13-31-20(17-6-10-19(11-7-17)33-23(25,26)27)15-34-22(31)30-14-16-4-8-18(24)9-5-16;1-27-20(31)28-11-2-12-30-19(16-5-9-18(10-6-16)32-22(24,25)26)14-33-21(30)29-13-15-3-7-17(23)8-4-15/h4-11,15H,2-3,12-14H2,1H3,(H2,28,29,32);3-10,14H,2,11-13H2,1H3,(H2,27,28,31). The lowest BCUT2D eigenvalue weighted by atomic mass is 10.1. The summed E-state index contributed by atoms with van der Waals surface area (Å²) in [7, 11) is 1.54. The van der Waals surface area contributed by atoms with Gasteiger partial charge < -0.3 is 39.9 Å². The zero-order chi connectivity index (χ0) is 48.4. The molecule has 0 saturated carbocycles. The second-order valence-electron chi connectivity index (χ2n) is 14.1. The van der Waals surface area contributed by atoms with Crippen LogP contribution >= 0.6 is 45.9 Å². The van der Waals surface area contributed by atoms with E-state index in [9.17, 15) is 35.9 Å². The van der Waals surface area contributed by atoms with Crippen LogP contribution in [0.2, 0.25) is 10.0 Å². The molecule has 4 N–H and O–H groups in total. The maximum absolute atomic E-state index is 12.5. The number of alkyl halides is 6. The van der Waals surface area contributed by atoms with Crippen molar-refractivity contribution in [3.05, 3.63) is 139 Å². The average molecular weight is 1010 g/mol. The highest BCUT2D eigenvalue weighted by Gasteiger charge is 2.32. The van der Waals surface area contributed by atoms with Gasteiger partial charge in [0.25, 0.3) is 0 Å². The van der Waals surface area contributed by atoms with Crippen molar-refractivity contribution >= 4 is 57.9 Å². The Morgan fingerprint density at radius 3 is 1.34 bits per heavy atom. The molecule has 0 aliphatic rings. The van der Waals surface area contributed by atoms with Crippen molar-refractivity contribution in [2.24, 2.45) is 9.98 Å². The molecule has 0 aliphatic heterocycles. The minimum absolute atomic E-state index is 0.231. The van der Waals surface area contributed by atoms with Gasteiger partial charge in [-0.25, -0.2) is 9.59 Å². The molecule has 22 heteroatoms. The van der Waals surface area contributed by atoms with Crippen LogP contribution in [-0.2, 0) is 26.2 Å². The highest BCUT2D eigenvalue weighted by molar-refractivity contribution is 7.07. The van der Waals surface area contributed by atoms with Crippen LogP contribution in [0.1, 0.15) is 30.9 Å². The molecule has 0 spiro atoms. The van der Waals surface area contributed by atoms with E-state index < -0.39 is 12.7 Å². The number of urea groups is 2. The van der Waals surface area contributed by atoms with Crippen LogP contribution in [0.25, 0.3) is 22.5 Å². The molecule has 0 aliphatic carbocycles. The molecule has 2 heterocycles. The summed E-state index contributed by atoms with van der Waals surface area (Å²) in [5.41, 5.74) is 5.08. The fourth-order valence-electron chi connectivity index (χ4n) is 6.14. The average Bonchev–Trinajstić information content (AvgIpc) is 3.89. The number of hydrogen-bond donors (Lipinski definition) is 4. The fraction of sp³-hybridized carbons (Fsp3) is 0.289. The Kier molecular flexibility index (Phi) is 19.6. The molecule has 0 bridgehead atoms. The van der Waals surface area contributed by atoms with Crippen LogP contribution in [0, 0.1) is 0 Å². The number of benzene rings is 4. The Morgan fingerprint density at radius 2 is 0.985 bits per heavy atom. The summed E-state index contributed by atoms with van der Waals surface area (Å²) in [5, 5.41) is 15.8. The van der Waals surface area contributed by atoms with Crippen molar-refractivity contribution in [1.29, 1.82) is 0 Å². The molecule has 0 unspecified atom stereocenters. The first-order valence-corrected chi connectivity index (χ1v) is 23.1. The van der Waals surface area contributed by atoms with Crippen molar-refractivity contribution in [3.8, 4) is 34.0 Å². The van der Waals surface area contributed by atoms with Crippen molar-refractivity contribution in [2.75, 3.05) is 26.7 Å². The van der Waals surface area contributed by atoms with E-state index in [1.54, 1.807) is 55.6 Å². The third-order valence-electron chi connectivity index (χ3n) is 9.24. The van der Waals surface area contributed by atoms with Gasteiger partial charge in [-0.05, 0) is 115 Å². The van der Waals surface area contributed by atoms with Gasteiger partial charge in [0.1, 0.15) is 11.5 Å². The van der Waals surface area contributed by atoms with Crippen LogP contribution in [0.5, 0.6) is 11.5 Å². The number of nitrogens with one attached hydrogen (secondary N) is 4. The Labute approximate surface area is 399 Å². The summed E-state index contributed by atoms with van der Waals surface area (Å²) in [6, 6.07) is 25.8. The van der Waals surface area contributed by atoms with Crippen molar-refractivity contribution in [3.63, 3.8) is 0 Å². The van der Waals surface area contributed by atoms with Crippen LogP contribution in [0.15, 0.2) is 118 Å². The van der Waals surface area contributed by atoms with Crippen LogP contribution < -0.4 is 40.3 Å². The van der Waals surface area contributed by atoms with Gasteiger partial charge in [0.15, 0.2) is 9.60 Å². The smallest absolute Gasteiger partial charge is 0.406 e. The van der Waals surface area contributed by atoms with Crippen LogP contribution in [-0.4, -0.2) is 60.6 Å². The molecule has 0 atom stereocenters. The number of halogens is 8. The molecule has 12 nitrogen and oxygen atoms in total. The zero-order valence-electron chi connectivity index (χ0n) is 36.0. The quantitative estimate of drug-likeness (QED) is 0.0534. The van der Waals surface area contributed by atoms with E-state index in [0.29, 0.717) is 68.7 Å². The third-order valence-corrected chi connectivity index (χ3v) is 11.5. The van der Waals surface area contributed by atoms with Gasteiger partial charge in [0.2, 0.25) is 0 Å². The number of amides is 4. The minimum atomic E-state index is -4.74. The van der Waals surface area contributed by atoms with Crippen LogP contribution in [0.3, 0.4) is 0 Å². The van der Waals surface area contributed by atoms with Gasteiger partial charge >= 0.3 is 24.8 Å². The molecule has 2 aromatic heterocycles. The Hall–Kier alpha value is -5.96. The second-order valence-corrected chi connectivity index (χ2v) is 16.7. The predicted molar refractivity (Wildman–Crippen MR) is 249 cm³/mol. The normalized spacial score (nSPS) is 12.0. The van der Waals surface area contributed by atoms with Crippen molar-refractivity contribution < 1.29 is 45.4 Å². The van der Waals surface area contributed by atoms with Crippen LogP contribution in [0.4, 0.5) is 35.9 Å². The SMILES string of the molecule is CCNC(=O)NCCCn1c(-c2ccc(OC(F)(F)F)cc2)csc1=NCc1ccc(Cl)cc1.CNC(=O)NCCCn1c(-c2ccc(OC(F)(F)F)cc2)csc1=NCc1ccc(Cl)cc1. The predicted octanol–water partition coefficient (Wildman–Crippen LogP) is 10.8. The van der Waals surface area contributed by atoms with Gasteiger partial charge in [-0.3, -0.25) is 9.98 Å². The molecule has 67 heavy (non-hydrogen) atoms. The molecule has 0 radical (unpaired) electrons. The number of rotatable bonds is 17. The summed E-state index contributed by atoms with van der Waals surface area (Å²) >= 11 is 14.8. The number of carbonyl (C=O) groups is 2. The topological polar surface area (TPSA) is 135 Å². The first-order chi connectivity index (χ1) is 32.0. The highest BCUT2D eigenvalue weighted by Crippen LogP contribution is 2.29. The molecule has 6 aromatic rings. The monoisotopic (exact) mass is 1010 g/mol. The molecule has 0 saturated heterocycles. The van der Waals surface area contributed by atoms with E-state index in [4.69, 9.17) is 33.2 Å². The number of thiazole rings is 2. The van der Waals surface area contributed by atoms with Gasteiger partial charge in [-0.1, -0.05) is 47.5 Å². The molecule has 4 aromatic carbocycles. The van der Waals surface area contributed by atoms with Crippen molar-refractivity contribution in [1.82, 2.24) is 30.4 Å². The summed E-state index contributed by atoms with van der Waals surface area (Å²) < 4.78 is 86.7. The van der Waals surface area contributed by atoms with E-state index in [1.807, 2.05) is 51.1 Å². The number of aromatic nitrogens is 2. The molecule has 0 fully saturated rings. The number of hydrogen-bond acceptors (Lipinski definition) is 8. The second kappa shape index (κ2) is 25.3. The molecular formula is C45H46Cl2F6N8O4S2. The van der Waals surface area contributed by atoms with E-state index in [0.717, 1.165) is 43.2 Å². The van der Waals surface area contributed by atoms with Crippen molar-refractivity contribution in [2.45, 2.75) is 58.7 Å². The summed E-state index contributed by atoms with van der Waals surface area (Å²) in [6.07, 6.45) is -8.20. The first-order valence-electron chi connectivity index (χ1n) is 20.6. The van der Waals surface area contributed by atoms with Gasteiger partial charge in [-0.2, -0.15) is 0 Å². The fourth-order valence-corrected chi connectivity index (χ4v) is 8.27. The summed E-state index contributed by atoms with van der Waals surface area (Å²) in [5.74, 6) is -0.563. The highest BCUT2D eigenvalue weighted by atomic mass is 35.5. The van der Waals surface area contributed by atoms with Gasteiger partial charge in [-0.15, -0.1) is 49.0 Å². The van der Waals surface area contributed by atoms with Gasteiger partial charge in [0, 0.05) is 60.6 Å². The lowest BCUT2D eigenvalue weighted by molar-refractivity contribution is -0.275. The third kappa shape index (κ3) is 17.7.